The second-order valence-electron chi connectivity index (χ2n) is 5.15. The fraction of sp³-hybridized carbons (Fsp3) is 0.571. The molecular formula is C14H24FN3O2S. The second-order valence-corrected chi connectivity index (χ2v) is 7.01. The van der Waals surface area contributed by atoms with E-state index in [9.17, 15) is 12.8 Å². The van der Waals surface area contributed by atoms with Crippen LogP contribution in [0.5, 0.6) is 0 Å². The number of aryl methyl sites for hydroxylation is 2. The Balaban J connectivity index is 2.65. The third-order valence-corrected chi connectivity index (χ3v) is 4.78. The van der Waals surface area contributed by atoms with Crippen LogP contribution in [0, 0.1) is 19.7 Å². The van der Waals surface area contributed by atoms with Crippen molar-refractivity contribution in [3.05, 3.63) is 34.6 Å². The molecule has 0 aliphatic carbocycles. The number of hydrogen-bond acceptors (Lipinski definition) is 3. The molecular weight excluding hydrogens is 293 g/mol. The summed E-state index contributed by atoms with van der Waals surface area (Å²) in [6.45, 7) is 4.70. The van der Waals surface area contributed by atoms with E-state index < -0.39 is 10.2 Å². The lowest BCUT2D eigenvalue weighted by atomic mass is 10.1. The molecule has 1 aromatic carbocycles. The van der Waals surface area contributed by atoms with Gasteiger partial charge in [-0.2, -0.15) is 17.4 Å². The fourth-order valence-corrected chi connectivity index (χ4v) is 2.96. The Bertz CT molecular complexity index is 553. The summed E-state index contributed by atoms with van der Waals surface area (Å²) in [7, 11) is -0.147. The molecule has 2 N–H and O–H groups in total. The zero-order valence-electron chi connectivity index (χ0n) is 13.0. The lowest BCUT2D eigenvalue weighted by Gasteiger charge is -2.18. The maximum absolute atomic E-state index is 13.5. The summed E-state index contributed by atoms with van der Waals surface area (Å²) in [5.74, 6) is -0.245. The predicted octanol–water partition coefficient (Wildman–Crippen LogP) is 1.32. The number of hydrogen-bond donors (Lipinski definition) is 2. The van der Waals surface area contributed by atoms with Crippen LogP contribution in [0.1, 0.15) is 23.1 Å². The molecule has 0 spiro atoms. The van der Waals surface area contributed by atoms with E-state index in [1.54, 1.807) is 33.0 Å². The van der Waals surface area contributed by atoms with Crippen molar-refractivity contribution in [2.24, 2.45) is 0 Å². The smallest absolute Gasteiger partial charge is 0.279 e. The number of nitrogens with zero attached hydrogens (tertiary/aromatic N) is 1. The normalized spacial score (nSPS) is 12.1. The van der Waals surface area contributed by atoms with Gasteiger partial charge in [-0.25, -0.2) is 4.39 Å². The van der Waals surface area contributed by atoms with E-state index in [0.29, 0.717) is 17.7 Å². The second kappa shape index (κ2) is 7.84. The van der Waals surface area contributed by atoms with Crippen LogP contribution in [-0.4, -0.2) is 39.9 Å². The van der Waals surface area contributed by atoms with Gasteiger partial charge in [0.15, 0.2) is 0 Å². The Morgan fingerprint density at radius 1 is 1.24 bits per heavy atom. The highest BCUT2D eigenvalue weighted by Crippen LogP contribution is 2.14. The SMILES string of the molecule is CNCCCN(C)S(=O)(=O)NCc1cc(C)c(F)c(C)c1. The Morgan fingerprint density at radius 2 is 1.81 bits per heavy atom. The van der Waals surface area contributed by atoms with Gasteiger partial charge < -0.3 is 5.32 Å². The van der Waals surface area contributed by atoms with Gasteiger partial charge in [-0.15, -0.1) is 0 Å². The fourth-order valence-electron chi connectivity index (χ4n) is 2.02. The quantitative estimate of drug-likeness (QED) is 0.711. The molecule has 0 bridgehead atoms. The minimum atomic E-state index is -3.51. The lowest BCUT2D eigenvalue weighted by Crippen LogP contribution is -2.39. The van der Waals surface area contributed by atoms with Gasteiger partial charge in [0.2, 0.25) is 0 Å². The highest BCUT2D eigenvalue weighted by atomic mass is 32.2. The maximum Gasteiger partial charge on any atom is 0.279 e. The summed E-state index contributed by atoms with van der Waals surface area (Å²) >= 11 is 0. The van der Waals surface area contributed by atoms with Crippen LogP contribution in [0.2, 0.25) is 0 Å². The third kappa shape index (κ3) is 5.35. The third-order valence-electron chi connectivity index (χ3n) is 3.27. The molecule has 0 saturated carbocycles. The highest BCUT2D eigenvalue weighted by Gasteiger charge is 2.16. The molecule has 5 nitrogen and oxygen atoms in total. The van der Waals surface area contributed by atoms with Crippen LogP contribution in [0.25, 0.3) is 0 Å². The molecule has 0 atom stereocenters. The van der Waals surface area contributed by atoms with Crippen molar-refractivity contribution in [1.29, 1.82) is 0 Å². The first-order valence-electron chi connectivity index (χ1n) is 6.89. The molecule has 21 heavy (non-hydrogen) atoms. The molecule has 7 heteroatoms. The van der Waals surface area contributed by atoms with E-state index in [1.807, 2.05) is 7.05 Å². The lowest BCUT2D eigenvalue weighted by molar-refractivity contribution is 0.447. The van der Waals surface area contributed by atoms with Gasteiger partial charge in [-0.1, -0.05) is 12.1 Å². The molecule has 0 aliphatic rings. The molecule has 0 fully saturated rings. The van der Waals surface area contributed by atoms with Gasteiger partial charge >= 0.3 is 0 Å². The van der Waals surface area contributed by atoms with Crippen molar-refractivity contribution in [1.82, 2.24) is 14.3 Å². The monoisotopic (exact) mass is 317 g/mol. The molecule has 0 aromatic heterocycles. The van der Waals surface area contributed by atoms with Gasteiger partial charge in [0.25, 0.3) is 10.2 Å². The van der Waals surface area contributed by atoms with Crippen LogP contribution in [-0.2, 0) is 16.8 Å². The number of rotatable bonds is 8. The summed E-state index contributed by atoms with van der Waals surface area (Å²) in [5.41, 5.74) is 1.79. The van der Waals surface area contributed by atoms with E-state index in [1.165, 1.54) is 4.31 Å². The Kier molecular flexibility index (Phi) is 6.73. The van der Waals surface area contributed by atoms with E-state index in [-0.39, 0.29) is 12.4 Å². The van der Waals surface area contributed by atoms with Crippen LogP contribution >= 0.6 is 0 Å². The van der Waals surface area contributed by atoms with Crippen molar-refractivity contribution in [2.45, 2.75) is 26.8 Å². The van der Waals surface area contributed by atoms with Gasteiger partial charge in [-0.05, 0) is 50.6 Å². The molecule has 1 rings (SSSR count). The maximum atomic E-state index is 13.5. The first-order chi connectivity index (χ1) is 9.77. The first kappa shape index (κ1) is 18.0. The summed E-state index contributed by atoms with van der Waals surface area (Å²) in [6.07, 6.45) is 0.739. The highest BCUT2D eigenvalue weighted by molar-refractivity contribution is 7.87. The molecule has 0 unspecified atom stereocenters. The van der Waals surface area contributed by atoms with Crippen molar-refractivity contribution >= 4 is 10.2 Å². The number of nitrogens with one attached hydrogen (secondary N) is 2. The average Bonchev–Trinajstić information content (AvgIpc) is 2.42. The summed E-state index contributed by atoms with van der Waals surface area (Å²) in [5, 5.41) is 2.97. The zero-order valence-corrected chi connectivity index (χ0v) is 13.8. The summed E-state index contributed by atoms with van der Waals surface area (Å²) < 4.78 is 41.5. The van der Waals surface area contributed by atoms with Crippen LogP contribution in [0.15, 0.2) is 12.1 Å². The van der Waals surface area contributed by atoms with E-state index in [0.717, 1.165) is 18.5 Å². The van der Waals surface area contributed by atoms with Crippen molar-refractivity contribution in [3.8, 4) is 0 Å². The molecule has 0 amide bonds. The Morgan fingerprint density at radius 3 is 2.33 bits per heavy atom. The van der Waals surface area contributed by atoms with Crippen LogP contribution in [0.4, 0.5) is 4.39 Å². The predicted molar refractivity (Wildman–Crippen MR) is 82.8 cm³/mol. The minimum Gasteiger partial charge on any atom is -0.320 e. The Labute approximate surface area is 126 Å². The molecule has 0 heterocycles. The first-order valence-corrected chi connectivity index (χ1v) is 8.33. The molecule has 1 aromatic rings. The van der Waals surface area contributed by atoms with Crippen molar-refractivity contribution in [3.63, 3.8) is 0 Å². The van der Waals surface area contributed by atoms with E-state index in [2.05, 4.69) is 10.0 Å². The molecule has 0 radical (unpaired) electrons. The van der Waals surface area contributed by atoms with Gasteiger partial charge in [0.1, 0.15) is 5.82 Å². The number of halogens is 1. The van der Waals surface area contributed by atoms with Crippen LogP contribution in [0.3, 0.4) is 0 Å². The van der Waals surface area contributed by atoms with Gasteiger partial charge in [0, 0.05) is 20.1 Å². The van der Waals surface area contributed by atoms with Crippen LogP contribution < -0.4 is 10.0 Å². The number of benzene rings is 1. The van der Waals surface area contributed by atoms with Crippen molar-refractivity contribution in [2.75, 3.05) is 27.2 Å². The molecule has 0 saturated heterocycles. The molecule has 0 aliphatic heterocycles. The summed E-state index contributed by atoms with van der Waals surface area (Å²) in [6, 6.07) is 3.32. The van der Waals surface area contributed by atoms with Gasteiger partial charge in [0.05, 0.1) is 0 Å². The molecule has 120 valence electrons. The van der Waals surface area contributed by atoms with Gasteiger partial charge in [-0.3, -0.25) is 0 Å². The Hall–Kier alpha value is -1.02. The minimum absolute atomic E-state index is 0.153. The van der Waals surface area contributed by atoms with Crippen molar-refractivity contribution < 1.29 is 12.8 Å². The average molecular weight is 317 g/mol. The largest absolute Gasteiger partial charge is 0.320 e. The topological polar surface area (TPSA) is 61.4 Å². The summed E-state index contributed by atoms with van der Waals surface area (Å²) in [4.78, 5) is 0. The van der Waals surface area contributed by atoms with E-state index >= 15 is 0 Å². The van der Waals surface area contributed by atoms with E-state index in [4.69, 9.17) is 0 Å². The zero-order chi connectivity index (χ0) is 16.0. The standard InChI is InChI=1S/C14H24FN3O2S/c1-11-8-13(9-12(2)14(11)15)10-17-21(19,20)18(4)7-5-6-16-3/h8-9,16-17H,5-7,10H2,1-4H3.